The van der Waals surface area contributed by atoms with Crippen molar-refractivity contribution in [3.63, 3.8) is 0 Å². The van der Waals surface area contributed by atoms with Gasteiger partial charge >= 0.3 is 0 Å². The van der Waals surface area contributed by atoms with Crippen LogP contribution in [0.4, 0.5) is 8.78 Å². The molecule has 0 radical (unpaired) electrons. The molecule has 0 saturated heterocycles. The monoisotopic (exact) mass is 230 g/mol. The molecule has 0 nitrogen and oxygen atoms in total. The molecule has 1 aliphatic carbocycles. The molecule has 1 aromatic carbocycles. The average molecular weight is 231 g/mol. The second-order valence-electron chi connectivity index (χ2n) is 4.09. The lowest BCUT2D eigenvalue weighted by atomic mass is 9.80. The number of rotatable bonds is 1. The van der Waals surface area contributed by atoms with Crippen molar-refractivity contribution in [2.24, 2.45) is 0 Å². The highest BCUT2D eigenvalue weighted by molar-refractivity contribution is 6.30. The van der Waals surface area contributed by atoms with E-state index in [4.69, 9.17) is 11.6 Å². The molecule has 2 rings (SSSR count). The topological polar surface area (TPSA) is 0 Å². The van der Waals surface area contributed by atoms with E-state index in [1.165, 1.54) is 6.07 Å². The number of alkyl halides is 2. The van der Waals surface area contributed by atoms with Crippen LogP contribution in [0, 0.1) is 0 Å². The largest absolute Gasteiger partial charge is 0.244 e. The smallest absolute Gasteiger partial charge is 0.167 e. The van der Waals surface area contributed by atoms with Crippen LogP contribution in [0.5, 0.6) is 0 Å². The van der Waals surface area contributed by atoms with Crippen molar-refractivity contribution in [3.8, 4) is 0 Å². The normalized spacial score (nSPS) is 31.5. The first-order chi connectivity index (χ1) is 7.13. The molecule has 1 fully saturated rings. The maximum absolute atomic E-state index is 14.4. The minimum Gasteiger partial charge on any atom is -0.244 e. The van der Waals surface area contributed by atoms with Gasteiger partial charge in [-0.25, -0.2) is 8.78 Å². The quantitative estimate of drug-likeness (QED) is 0.670. The number of halogens is 3. The van der Waals surface area contributed by atoms with E-state index in [1.807, 2.05) is 0 Å². The summed E-state index contributed by atoms with van der Waals surface area (Å²) in [6.07, 6.45) is 0.679. The third kappa shape index (κ3) is 2.00. The molecular formula is C12H13ClF2. The van der Waals surface area contributed by atoms with Crippen LogP contribution in [0.2, 0.25) is 5.02 Å². The van der Waals surface area contributed by atoms with Gasteiger partial charge in [-0.05, 0) is 37.0 Å². The molecule has 1 aromatic rings. The Bertz CT molecular complexity index is 353. The van der Waals surface area contributed by atoms with Crippen molar-refractivity contribution in [2.75, 3.05) is 0 Å². The van der Waals surface area contributed by atoms with Crippen LogP contribution in [0.1, 0.15) is 31.2 Å². The first kappa shape index (κ1) is 10.9. The van der Waals surface area contributed by atoms with Crippen LogP contribution in [-0.4, -0.2) is 6.17 Å². The number of hydrogen-bond acceptors (Lipinski definition) is 0. The van der Waals surface area contributed by atoms with E-state index in [2.05, 4.69) is 0 Å². The van der Waals surface area contributed by atoms with Gasteiger partial charge in [0.25, 0.3) is 0 Å². The lowest BCUT2D eigenvalue weighted by Crippen LogP contribution is -2.35. The Labute approximate surface area is 93.2 Å². The van der Waals surface area contributed by atoms with Gasteiger partial charge in [0, 0.05) is 5.02 Å². The van der Waals surface area contributed by atoms with Crippen molar-refractivity contribution in [1.29, 1.82) is 0 Å². The van der Waals surface area contributed by atoms with E-state index < -0.39 is 11.8 Å². The summed E-state index contributed by atoms with van der Waals surface area (Å²) in [6, 6.07) is 6.48. The molecule has 0 aromatic heterocycles. The first-order valence-corrected chi connectivity index (χ1v) is 5.60. The Kier molecular flexibility index (Phi) is 2.96. The summed E-state index contributed by atoms with van der Waals surface area (Å²) in [5.74, 6) is 0. The summed E-state index contributed by atoms with van der Waals surface area (Å²) >= 11 is 5.78. The van der Waals surface area contributed by atoms with Crippen LogP contribution < -0.4 is 0 Å². The van der Waals surface area contributed by atoms with Crippen molar-refractivity contribution >= 4 is 11.6 Å². The minimum absolute atomic E-state index is 0.258. The molecule has 0 unspecified atom stereocenters. The second-order valence-corrected chi connectivity index (χ2v) is 4.52. The maximum atomic E-state index is 14.4. The fourth-order valence-electron chi connectivity index (χ4n) is 2.16. The van der Waals surface area contributed by atoms with Crippen molar-refractivity contribution in [2.45, 2.75) is 37.5 Å². The van der Waals surface area contributed by atoms with E-state index in [9.17, 15) is 8.78 Å². The van der Waals surface area contributed by atoms with Gasteiger partial charge in [-0.1, -0.05) is 30.2 Å². The van der Waals surface area contributed by atoms with E-state index in [0.717, 1.165) is 12.8 Å². The molecular weight excluding hydrogens is 218 g/mol. The van der Waals surface area contributed by atoms with Gasteiger partial charge in [0.2, 0.25) is 0 Å². The molecule has 2 atom stereocenters. The van der Waals surface area contributed by atoms with Gasteiger partial charge < -0.3 is 0 Å². The zero-order valence-corrected chi connectivity index (χ0v) is 9.11. The molecule has 0 bridgehead atoms. The van der Waals surface area contributed by atoms with Crippen LogP contribution in [0.3, 0.4) is 0 Å². The second kappa shape index (κ2) is 4.09. The van der Waals surface area contributed by atoms with Crippen molar-refractivity contribution in [1.82, 2.24) is 0 Å². The molecule has 15 heavy (non-hydrogen) atoms. The highest BCUT2D eigenvalue weighted by Crippen LogP contribution is 2.43. The third-order valence-electron chi connectivity index (χ3n) is 3.05. The summed E-state index contributed by atoms with van der Waals surface area (Å²) < 4.78 is 28.1. The van der Waals surface area contributed by atoms with Crippen molar-refractivity contribution < 1.29 is 8.78 Å². The summed E-state index contributed by atoms with van der Waals surface area (Å²) in [5, 5.41) is 0.460. The van der Waals surface area contributed by atoms with E-state index in [1.54, 1.807) is 18.2 Å². The fraction of sp³-hybridized carbons (Fsp3) is 0.500. The summed E-state index contributed by atoms with van der Waals surface area (Å²) in [6.45, 7) is 0. The zero-order valence-electron chi connectivity index (χ0n) is 8.35. The van der Waals surface area contributed by atoms with Gasteiger partial charge in [-0.2, -0.15) is 0 Å². The van der Waals surface area contributed by atoms with Gasteiger partial charge in [0.05, 0.1) is 0 Å². The summed E-state index contributed by atoms with van der Waals surface area (Å²) in [4.78, 5) is 0. The van der Waals surface area contributed by atoms with Gasteiger partial charge in [0.15, 0.2) is 5.67 Å². The summed E-state index contributed by atoms with van der Waals surface area (Å²) in [7, 11) is 0. The van der Waals surface area contributed by atoms with Crippen LogP contribution in [-0.2, 0) is 5.67 Å². The molecule has 1 saturated carbocycles. The van der Waals surface area contributed by atoms with Crippen LogP contribution >= 0.6 is 11.6 Å². The van der Waals surface area contributed by atoms with Crippen LogP contribution in [0.15, 0.2) is 24.3 Å². The van der Waals surface area contributed by atoms with Gasteiger partial charge in [-0.3, -0.25) is 0 Å². The van der Waals surface area contributed by atoms with Crippen molar-refractivity contribution in [3.05, 3.63) is 34.9 Å². The molecule has 0 amide bonds. The van der Waals surface area contributed by atoms with E-state index >= 15 is 0 Å². The SMILES string of the molecule is F[C@H]1CCCC[C@@]1(F)c1cccc(Cl)c1. The third-order valence-corrected chi connectivity index (χ3v) is 3.28. The molecule has 0 spiro atoms. The molecule has 0 N–H and O–H groups in total. The Hall–Kier alpha value is -0.630. The highest BCUT2D eigenvalue weighted by Gasteiger charge is 2.43. The first-order valence-electron chi connectivity index (χ1n) is 5.22. The minimum atomic E-state index is -1.83. The molecule has 82 valence electrons. The Morgan fingerprint density at radius 2 is 2.13 bits per heavy atom. The summed E-state index contributed by atoms with van der Waals surface area (Å²) in [5.41, 5.74) is -1.45. The standard InChI is InChI=1S/C12H13ClF2/c13-10-5-3-4-9(8-10)12(15)7-2-1-6-11(12)14/h3-5,8,11H,1-2,6-7H2/t11-,12+/m0/s1. The molecule has 3 heteroatoms. The molecule has 1 aliphatic rings. The van der Waals surface area contributed by atoms with E-state index in [-0.39, 0.29) is 6.42 Å². The predicted molar refractivity (Wildman–Crippen MR) is 57.6 cm³/mol. The molecule has 0 heterocycles. The van der Waals surface area contributed by atoms with Gasteiger partial charge in [0.1, 0.15) is 6.17 Å². The Morgan fingerprint density at radius 3 is 2.80 bits per heavy atom. The number of hydrogen-bond donors (Lipinski definition) is 0. The predicted octanol–water partition coefficient (Wildman–Crippen LogP) is 4.42. The highest BCUT2D eigenvalue weighted by atomic mass is 35.5. The fourth-order valence-corrected chi connectivity index (χ4v) is 2.35. The lowest BCUT2D eigenvalue weighted by Gasteiger charge is -2.33. The average Bonchev–Trinajstić information content (AvgIpc) is 2.23. The van der Waals surface area contributed by atoms with Crippen LogP contribution in [0.25, 0.3) is 0 Å². The van der Waals surface area contributed by atoms with E-state index in [0.29, 0.717) is 17.0 Å². The lowest BCUT2D eigenvalue weighted by molar-refractivity contribution is 0.00864. The molecule has 0 aliphatic heterocycles. The zero-order chi connectivity index (χ0) is 10.9. The Morgan fingerprint density at radius 1 is 1.33 bits per heavy atom. The number of benzene rings is 1. The van der Waals surface area contributed by atoms with Gasteiger partial charge in [-0.15, -0.1) is 0 Å². The Balaban J connectivity index is 2.34. The maximum Gasteiger partial charge on any atom is 0.167 e.